The molecule has 1 aliphatic heterocycles. The van der Waals surface area contributed by atoms with Crippen LogP contribution in [0.25, 0.3) is 16.6 Å². The van der Waals surface area contributed by atoms with Gasteiger partial charge in [0.2, 0.25) is 0 Å². The van der Waals surface area contributed by atoms with E-state index in [9.17, 15) is 0 Å². The Balaban J connectivity index is 1.68. The van der Waals surface area contributed by atoms with Crippen LogP contribution in [0, 0.1) is 11.3 Å². The van der Waals surface area contributed by atoms with Crippen LogP contribution >= 0.6 is 0 Å². The molecule has 0 amide bonds. The third-order valence-electron chi connectivity index (χ3n) is 6.00. The van der Waals surface area contributed by atoms with Crippen molar-refractivity contribution in [1.82, 2.24) is 20.2 Å². The minimum absolute atomic E-state index is 0.263. The Labute approximate surface area is 207 Å². The molecule has 188 valence electrons. The van der Waals surface area contributed by atoms with Gasteiger partial charge in [0.1, 0.15) is 11.6 Å². The Morgan fingerprint density at radius 1 is 1.31 bits per heavy atom. The number of anilines is 1. The number of fused-ring (bicyclic) bond motifs is 1. The van der Waals surface area contributed by atoms with Crippen LogP contribution in [-0.2, 0) is 4.74 Å². The van der Waals surface area contributed by atoms with Gasteiger partial charge in [0.15, 0.2) is 0 Å². The average molecular weight is 479 g/mol. The molecule has 3 rings (SSSR count). The summed E-state index contributed by atoms with van der Waals surface area (Å²) in [5.41, 5.74) is 16.4. The van der Waals surface area contributed by atoms with E-state index in [4.69, 9.17) is 21.6 Å². The Hall–Kier alpha value is -3.43. The number of nitrogens with two attached hydrogens (primary N) is 2. The highest BCUT2D eigenvalue weighted by Gasteiger charge is 2.25. The quantitative estimate of drug-likeness (QED) is 0.178. The molecule has 9 nitrogen and oxygen atoms in total. The van der Waals surface area contributed by atoms with Gasteiger partial charge in [-0.3, -0.25) is 9.88 Å². The summed E-state index contributed by atoms with van der Waals surface area (Å²) < 4.78 is 5.31. The predicted octanol–water partition coefficient (Wildman–Crippen LogP) is 3.03. The zero-order chi connectivity index (χ0) is 25.4. The monoisotopic (exact) mass is 478 g/mol. The molecule has 0 bridgehead atoms. The second-order valence-corrected chi connectivity index (χ2v) is 9.11. The molecule has 1 saturated heterocycles. The maximum Gasteiger partial charge on any atom is 0.132 e. The van der Waals surface area contributed by atoms with Gasteiger partial charge in [-0.25, -0.2) is 4.98 Å². The fourth-order valence-electron chi connectivity index (χ4n) is 3.84. The van der Waals surface area contributed by atoms with E-state index in [-0.39, 0.29) is 5.92 Å². The minimum atomic E-state index is 0.263. The summed E-state index contributed by atoms with van der Waals surface area (Å²) in [7, 11) is 1.76. The molecule has 0 aliphatic carbocycles. The molecule has 1 fully saturated rings. The lowest BCUT2D eigenvalue weighted by Crippen LogP contribution is -2.52. The summed E-state index contributed by atoms with van der Waals surface area (Å²) >= 11 is 0. The van der Waals surface area contributed by atoms with Crippen molar-refractivity contribution < 1.29 is 4.74 Å². The van der Waals surface area contributed by atoms with Crippen molar-refractivity contribution in [1.29, 1.82) is 5.41 Å². The van der Waals surface area contributed by atoms with Crippen molar-refractivity contribution in [3.05, 3.63) is 59.8 Å². The van der Waals surface area contributed by atoms with E-state index in [1.54, 1.807) is 26.4 Å². The molecule has 2 aromatic heterocycles. The number of methoxy groups -OCH3 is 1. The summed E-state index contributed by atoms with van der Waals surface area (Å²) in [6, 6.07) is 5.68. The normalized spacial score (nSPS) is 16.0. The van der Waals surface area contributed by atoms with Crippen LogP contribution in [0.15, 0.2) is 54.3 Å². The van der Waals surface area contributed by atoms with Gasteiger partial charge in [0.05, 0.1) is 17.1 Å². The zero-order valence-electron chi connectivity index (χ0n) is 21.1. The minimum Gasteiger partial charge on any atom is -0.404 e. The van der Waals surface area contributed by atoms with Gasteiger partial charge in [-0.1, -0.05) is 13.8 Å². The molecular formula is C26H38N8O. The van der Waals surface area contributed by atoms with Crippen molar-refractivity contribution in [2.75, 3.05) is 38.6 Å². The Morgan fingerprint density at radius 3 is 2.74 bits per heavy atom. The summed E-state index contributed by atoms with van der Waals surface area (Å²) in [5.74, 6) is 1.34. The molecule has 0 aromatic carbocycles. The number of nitrogens with one attached hydrogen (secondary N) is 3. The first-order valence-corrected chi connectivity index (χ1v) is 12.0. The fourth-order valence-corrected chi connectivity index (χ4v) is 3.84. The van der Waals surface area contributed by atoms with Gasteiger partial charge in [-0.05, 0) is 55.3 Å². The highest BCUT2D eigenvalue weighted by Crippen LogP contribution is 2.21. The van der Waals surface area contributed by atoms with Crippen LogP contribution in [0.4, 0.5) is 5.82 Å². The van der Waals surface area contributed by atoms with Crippen molar-refractivity contribution in [3.63, 3.8) is 0 Å². The standard InChI is InChI=1S/C26H38N8O/c1-17(2)19(12-27)11-25(29)33-26-7-6-23-24(32-26)10-20(13-31-23)22(18(3)28)14-30-8-5-9-34-15-21(16-34)35-4/h6-7,10-14,17,21,28,30H,5,8-9,15-16,27,29H2,1-4H3,(H,32,33)/b19-12+,22-14+,25-11+,28-18?. The topological polar surface area (TPSA) is 138 Å². The first-order chi connectivity index (χ1) is 16.8. The van der Waals surface area contributed by atoms with E-state index >= 15 is 0 Å². The van der Waals surface area contributed by atoms with Crippen molar-refractivity contribution >= 4 is 28.1 Å². The van der Waals surface area contributed by atoms with Crippen LogP contribution < -0.4 is 22.1 Å². The van der Waals surface area contributed by atoms with Crippen LogP contribution in [0.2, 0.25) is 0 Å². The molecule has 3 heterocycles. The molecule has 0 radical (unpaired) electrons. The Bertz CT molecular complexity index is 1120. The summed E-state index contributed by atoms with van der Waals surface area (Å²) in [6.45, 7) is 9.77. The van der Waals surface area contributed by atoms with Crippen LogP contribution in [0.3, 0.4) is 0 Å². The lowest BCUT2D eigenvalue weighted by atomic mass is 10.0. The van der Waals surface area contributed by atoms with E-state index < -0.39 is 0 Å². The number of nitrogens with zero attached hydrogens (tertiary/aromatic N) is 3. The molecule has 2 aromatic rings. The highest BCUT2D eigenvalue weighted by atomic mass is 16.5. The summed E-state index contributed by atoms with van der Waals surface area (Å²) in [6.07, 6.45) is 8.46. The first-order valence-electron chi connectivity index (χ1n) is 12.0. The molecule has 9 heteroatoms. The number of pyridine rings is 2. The highest BCUT2D eigenvalue weighted by molar-refractivity contribution is 6.21. The summed E-state index contributed by atoms with van der Waals surface area (Å²) in [5, 5.41) is 14.7. The SMILES string of the molecule is COC1CN(CCCN/C=C(\C(C)=N)c2cnc3ccc(N/C(N)=C/C(=C\N)C(C)C)nc3c2)C1. The lowest BCUT2D eigenvalue weighted by molar-refractivity contribution is -0.0292. The number of ether oxygens (including phenoxy) is 1. The number of likely N-dealkylation sites (tertiary alicyclic amines) is 1. The van der Waals surface area contributed by atoms with E-state index in [1.165, 1.54) is 0 Å². The van der Waals surface area contributed by atoms with Crippen molar-refractivity contribution in [2.24, 2.45) is 17.4 Å². The maximum absolute atomic E-state index is 8.25. The third kappa shape index (κ3) is 7.27. The predicted molar refractivity (Wildman–Crippen MR) is 144 cm³/mol. The molecule has 7 N–H and O–H groups in total. The first kappa shape index (κ1) is 26.2. The number of allylic oxidation sites excluding steroid dienone is 3. The van der Waals surface area contributed by atoms with Crippen LogP contribution in [0.1, 0.15) is 32.8 Å². The van der Waals surface area contributed by atoms with Gasteiger partial charge >= 0.3 is 0 Å². The van der Waals surface area contributed by atoms with Crippen LogP contribution in [0.5, 0.6) is 0 Å². The van der Waals surface area contributed by atoms with Crippen LogP contribution in [-0.4, -0.2) is 60.0 Å². The molecule has 0 unspecified atom stereocenters. The van der Waals surface area contributed by atoms with E-state index in [0.29, 0.717) is 23.5 Å². The van der Waals surface area contributed by atoms with Gasteiger partial charge in [0.25, 0.3) is 0 Å². The van der Waals surface area contributed by atoms with Gasteiger partial charge in [0, 0.05) is 62.5 Å². The lowest BCUT2D eigenvalue weighted by Gasteiger charge is -2.38. The Kier molecular flexibility index (Phi) is 9.22. The fraction of sp³-hybridized carbons (Fsp3) is 0.423. The molecule has 0 atom stereocenters. The zero-order valence-corrected chi connectivity index (χ0v) is 21.1. The molecule has 35 heavy (non-hydrogen) atoms. The number of aromatic nitrogens is 2. The number of rotatable bonds is 12. The van der Waals surface area contributed by atoms with Gasteiger partial charge in [-0.15, -0.1) is 0 Å². The second kappa shape index (κ2) is 12.3. The molecule has 0 saturated carbocycles. The summed E-state index contributed by atoms with van der Waals surface area (Å²) in [4.78, 5) is 11.6. The van der Waals surface area contributed by atoms with Crippen molar-refractivity contribution in [2.45, 2.75) is 33.3 Å². The maximum atomic E-state index is 8.25. The van der Waals surface area contributed by atoms with E-state index in [1.807, 2.05) is 30.5 Å². The third-order valence-corrected chi connectivity index (χ3v) is 6.00. The van der Waals surface area contributed by atoms with Crippen molar-refractivity contribution in [3.8, 4) is 0 Å². The smallest absolute Gasteiger partial charge is 0.132 e. The second-order valence-electron chi connectivity index (χ2n) is 9.11. The van der Waals surface area contributed by atoms with E-state index in [0.717, 1.165) is 60.3 Å². The number of hydrogen-bond acceptors (Lipinski definition) is 9. The molecule has 1 aliphatic rings. The van der Waals surface area contributed by atoms with Gasteiger partial charge < -0.3 is 32.2 Å². The largest absolute Gasteiger partial charge is 0.404 e. The average Bonchev–Trinajstić information content (AvgIpc) is 2.80. The van der Waals surface area contributed by atoms with Gasteiger partial charge in [-0.2, -0.15) is 0 Å². The number of hydrogen-bond donors (Lipinski definition) is 5. The molecule has 0 spiro atoms. The Morgan fingerprint density at radius 2 is 2.09 bits per heavy atom. The van der Waals surface area contributed by atoms with E-state index in [2.05, 4.69) is 39.3 Å². The molecular weight excluding hydrogens is 440 g/mol.